The molecule has 0 atom stereocenters. The fourth-order valence-corrected chi connectivity index (χ4v) is 4.25. The van der Waals surface area contributed by atoms with Gasteiger partial charge in [-0.2, -0.15) is 5.01 Å². The monoisotopic (exact) mass is 460 g/mol. The Bertz CT molecular complexity index is 996. The predicted molar refractivity (Wildman–Crippen MR) is 107 cm³/mol. The molecule has 2 N–H and O–H groups in total. The molecule has 1 saturated carbocycles. The third-order valence-electron chi connectivity index (χ3n) is 5.67. The molecule has 1 saturated heterocycles. The number of imide groups is 1. The number of rotatable bonds is 3. The van der Waals surface area contributed by atoms with Gasteiger partial charge in [-0.3, -0.25) is 15.0 Å². The molecular weight excluding hydrogens is 440 g/mol. The number of amides is 4. The Kier molecular flexibility index (Phi) is 4.89. The van der Waals surface area contributed by atoms with Gasteiger partial charge in [-0.05, 0) is 56.7 Å². The molecule has 2 aliphatic rings. The van der Waals surface area contributed by atoms with E-state index in [9.17, 15) is 14.4 Å². The molecule has 2 heterocycles. The van der Waals surface area contributed by atoms with Crippen LogP contribution in [-0.4, -0.2) is 43.4 Å². The van der Waals surface area contributed by atoms with Crippen LogP contribution in [0.5, 0.6) is 0 Å². The van der Waals surface area contributed by atoms with Crippen molar-refractivity contribution in [1.82, 2.24) is 30.7 Å². The lowest BCUT2D eigenvalue weighted by atomic mass is 9.77. The Balaban J connectivity index is 1.53. The van der Waals surface area contributed by atoms with Gasteiger partial charge >= 0.3 is 6.03 Å². The van der Waals surface area contributed by atoms with Crippen molar-refractivity contribution in [2.75, 3.05) is 0 Å². The van der Waals surface area contributed by atoms with Crippen LogP contribution < -0.4 is 10.7 Å². The SMILES string of the molecule is Cc1c(C(=O)NN2C(=O)NC3(CCC(C)CC3)C2=O)nnn1-c1cccc(Br)c1. The minimum Gasteiger partial charge on any atom is -0.322 e. The van der Waals surface area contributed by atoms with Crippen LogP contribution >= 0.6 is 15.9 Å². The summed E-state index contributed by atoms with van der Waals surface area (Å²) < 4.78 is 2.39. The van der Waals surface area contributed by atoms with Gasteiger partial charge in [-0.15, -0.1) is 5.10 Å². The molecule has 9 nitrogen and oxygen atoms in total. The van der Waals surface area contributed by atoms with Gasteiger partial charge in [-0.1, -0.05) is 34.1 Å². The van der Waals surface area contributed by atoms with E-state index >= 15 is 0 Å². The molecule has 1 aliphatic heterocycles. The molecule has 1 aliphatic carbocycles. The van der Waals surface area contributed by atoms with Crippen LogP contribution in [0.2, 0.25) is 0 Å². The molecule has 0 radical (unpaired) electrons. The van der Waals surface area contributed by atoms with E-state index in [1.165, 1.54) is 4.68 Å². The second-order valence-corrected chi connectivity index (χ2v) is 8.61. The highest BCUT2D eigenvalue weighted by molar-refractivity contribution is 9.10. The maximum Gasteiger partial charge on any atom is 0.344 e. The first-order valence-electron chi connectivity index (χ1n) is 9.47. The third-order valence-corrected chi connectivity index (χ3v) is 6.16. The Morgan fingerprint density at radius 3 is 2.72 bits per heavy atom. The van der Waals surface area contributed by atoms with Crippen LogP contribution in [0, 0.1) is 12.8 Å². The van der Waals surface area contributed by atoms with Crippen LogP contribution in [0.15, 0.2) is 28.7 Å². The fraction of sp³-hybridized carbons (Fsp3) is 0.421. The lowest BCUT2D eigenvalue weighted by Crippen LogP contribution is -2.51. The third kappa shape index (κ3) is 3.41. The van der Waals surface area contributed by atoms with Crippen molar-refractivity contribution in [3.05, 3.63) is 40.1 Å². The topological polar surface area (TPSA) is 109 Å². The summed E-state index contributed by atoms with van der Waals surface area (Å²) >= 11 is 3.40. The van der Waals surface area contributed by atoms with Crippen LogP contribution in [0.4, 0.5) is 4.79 Å². The number of hydrogen-bond donors (Lipinski definition) is 2. The average molecular weight is 461 g/mol. The normalized spacial score (nSPS) is 24.1. The van der Waals surface area contributed by atoms with Crippen molar-refractivity contribution in [3.63, 3.8) is 0 Å². The van der Waals surface area contributed by atoms with Gasteiger partial charge in [0.15, 0.2) is 5.69 Å². The molecule has 29 heavy (non-hydrogen) atoms. The van der Waals surface area contributed by atoms with Gasteiger partial charge in [0, 0.05) is 4.47 Å². The highest BCUT2D eigenvalue weighted by atomic mass is 79.9. The minimum absolute atomic E-state index is 0.0452. The Morgan fingerprint density at radius 1 is 1.31 bits per heavy atom. The quantitative estimate of drug-likeness (QED) is 0.683. The number of nitrogens with one attached hydrogen (secondary N) is 2. The summed E-state index contributed by atoms with van der Waals surface area (Å²) in [5, 5.41) is 11.5. The van der Waals surface area contributed by atoms with E-state index in [1.807, 2.05) is 24.3 Å². The molecule has 0 bridgehead atoms. The van der Waals surface area contributed by atoms with Crippen LogP contribution in [-0.2, 0) is 4.79 Å². The van der Waals surface area contributed by atoms with Gasteiger partial charge < -0.3 is 5.32 Å². The van der Waals surface area contributed by atoms with E-state index in [-0.39, 0.29) is 5.69 Å². The minimum atomic E-state index is -0.917. The summed E-state index contributed by atoms with van der Waals surface area (Å²) in [6.45, 7) is 3.83. The summed E-state index contributed by atoms with van der Waals surface area (Å²) in [6, 6.07) is 6.78. The Labute approximate surface area is 175 Å². The number of carbonyl (C=O) groups is 3. The number of hydrazine groups is 1. The summed E-state index contributed by atoms with van der Waals surface area (Å²) in [5.41, 5.74) is 2.76. The summed E-state index contributed by atoms with van der Waals surface area (Å²) in [5.74, 6) is -0.557. The van der Waals surface area contributed by atoms with Crippen LogP contribution in [0.1, 0.15) is 48.8 Å². The number of hydrogen-bond acceptors (Lipinski definition) is 5. The maximum atomic E-state index is 12.9. The van der Waals surface area contributed by atoms with E-state index < -0.39 is 23.4 Å². The van der Waals surface area contributed by atoms with Crippen molar-refractivity contribution < 1.29 is 14.4 Å². The zero-order chi connectivity index (χ0) is 20.8. The second-order valence-electron chi connectivity index (χ2n) is 7.69. The Morgan fingerprint density at radius 2 is 2.03 bits per heavy atom. The fourth-order valence-electron chi connectivity index (χ4n) is 3.86. The standard InChI is InChI=1S/C19H21BrN6O3/c1-11-6-8-19(9-7-11)17(28)26(18(29)21-19)23-16(27)15-12(2)25(24-22-15)14-5-3-4-13(20)10-14/h3-5,10-11H,6-9H2,1-2H3,(H,21,29)(H,23,27). The molecule has 10 heteroatoms. The van der Waals surface area contributed by atoms with Crippen molar-refractivity contribution in [3.8, 4) is 5.69 Å². The first-order valence-corrected chi connectivity index (χ1v) is 10.3. The number of urea groups is 1. The lowest BCUT2D eigenvalue weighted by Gasteiger charge is -2.33. The molecule has 4 amide bonds. The van der Waals surface area contributed by atoms with E-state index in [0.29, 0.717) is 24.5 Å². The average Bonchev–Trinajstić information content (AvgIpc) is 3.18. The van der Waals surface area contributed by atoms with Crippen molar-refractivity contribution in [2.24, 2.45) is 5.92 Å². The van der Waals surface area contributed by atoms with Gasteiger partial charge in [0.2, 0.25) is 0 Å². The molecule has 2 aromatic rings. The molecule has 2 fully saturated rings. The summed E-state index contributed by atoms with van der Waals surface area (Å²) in [7, 11) is 0. The van der Waals surface area contributed by atoms with Crippen molar-refractivity contribution >= 4 is 33.8 Å². The van der Waals surface area contributed by atoms with Crippen LogP contribution in [0.25, 0.3) is 5.69 Å². The number of nitrogens with zero attached hydrogens (tertiary/aromatic N) is 4. The summed E-state index contributed by atoms with van der Waals surface area (Å²) in [4.78, 5) is 38.0. The van der Waals surface area contributed by atoms with Gasteiger partial charge in [0.1, 0.15) is 5.54 Å². The lowest BCUT2D eigenvalue weighted by molar-refractivity contribution is -0.134. The molecule has 0 unspecified atom stereocenters. The van der Waals surface area contributed by atoms with Gasteiger partial charge in [-0.25, -0.2) is 9.48 Å². The predicted octanol–water partition coefficient (Wildman–Crippen LogP) is 2.48. The number of aromatic nitrogens is 3. The van der Waals surface area contributed by atoms with Gasteiger partial charge in [0.25, 0.3) is 11.8 Å². The molecule has 4 rings (SSSR count). The molecule has 1 spiro atoms. The highest BCUT2D eigenvalue weighted by Gasteiger charge is 2.53. The van der Waals surface area contributed by atoms with E-state index in [4.69, 9.17) is 0 Å². The zero-order valence-electron chi connectivity index (χ0n) is 16.1. The van der Waals surface area contributed by atoms with E-state index in [0.717, 1.165) is 28.0 Å². The largest absolute Gasteiger partial charge is 0.344 e. The van der Waals surface area contributed by atoms with Crippen molar-refractivity contribution in [1.29, 1.82) is 0 Å². The first-order chi connectivity index (χ1) is 13.8. The van der Waals surface area contributed by atoms with Crippen LogP contribution in [0.3, 0.4) is 0 Å². The molecular formula is C19H21BrN6O3. The summed E-state index contributed by atoms with van der Waals surface area (Å²) in [6.07, 6.45) is 2.86. The van der Waals surface area contributed by atoms with Crippen molar-refractivity contribution in [2.45, 2.75) is 45.1 Å². The zero-order valence-corrected chi connectivity index (χ0v) is 17.7. The maximum absolute atomic E-state index is 12.9. The Hall–Kier alpha value is -2.75. The highest BCUT2D eigenvalue weighted by Crippen LogP contribution is 2.35. The number of halogens is 1. The molecule has 1 aromatic heterocycles. The second kappa shape index (κ2) is 7.25. The molecule has 1 aromatic carbocycles. The molecule has 152 valence electrons. The van der Waals surface area contributed by atoms with E-state index in [1.54, 1.807) is 6.92 Å². The van der Waals surface area contributed by atoms with E-state index in [2.05, 4.69) is 43.9 Å². The van der Waals surface area contributed by atoms with Gasteiger partial charge in [0.05, 0.1) is 11.4 Å². The smallest absolute Gasteiger partial charge is 0.322 e. The number of benzene rings is 1. The number of carbonyl (C=O) groups excluding carboxylic acids is 3. The first kappa shape index (κ1) is 19.6.